The van der Waals surface area contributed by atoms with Crippen molar-refractivity contribution >= 4 is 36.0 Å². The highest BCUT2D eigenvalue weighted by Gasteiger charge is 2.29. The van der Waals surface area contributed by atoms with E-state index in [4.69, 9.17) is 9.47 Å². The normalized spacial score (nSPS) is 14.1. The van der Waals surface area contributed by atoms with Crippen LogP contribution < -0.4 is 10.1 Å². The van der Waals surface area contributed by atoms with E-state index in [2.05, 4.69) is 57.0 Å². The fourth-order valence-electron chi connectivity index (χ4n) is 5.13. The Morgan fingerprint density at radius 1 is 1.00 bits per heavy atom. The molecule has 0 aromatic carbocycles. The molecular formula is C36H55N5O3S. The fraction of sp³-hybridized carbons (Fsp3) is 0.556. The van der Waals surface area contributed by atoms with Crippen LogP contribution in [0, 0.1) is 24.7 Å². The number of ether oxygens (including phenoxy) is 2. The van der Waals surface area contributed by atoms with Crippen molar-refractivity contribution in [1.82, 2.24) is 19.9 Å². The average Bonchev–Trinajstić information content (AvgIpc) is 3.92. The van der Waals surface area contributed by atoms with E-state index in [-0.39, 0.29) is 26.7 Å². The highest BCUT2D eigenvalue weighted by atomic mass is 32.1. The zero-order valence-electron chi connectivity index (χ0n) is 28.3. The molecule has 8 nitrogen and oxygen atoms in total. The van der Waals surface area contributed by atoms with Gasteiger partial charge in [0, 0.05) is 61.5 Å². The number of aryl methyl sites for hydroxylation is 1. The summed E-state index contributed by atoms with van der Waals surface area (Å²) < 4.78 is 11.9. The standard InChI is InChI=1S/C32H39N5O3.2C2H6.H2S.H2/c1-4-12-37(3)13-5-14-40-30-21-34-26(17-28(30)23-10-15-39-16-11-23)9-8-25-19-33-22(2)29-20-35-31(18-27(25)29)36-32(38)24-6-7-24;2*1-2;;/h17-21,23-24H,4-7,10-16H2,1-3H3,(H,35,36,38);2*1-2H3;1H2;1H. The van der Waals surface area contributed by atoms with Gasteiger partial charge in [0.05, 0.1) is 18.4 Å². The number of hydrogen-bond donors (Lipinski definition) is 1. The number of amides is 1. The first-order valence-corrected chi connectivity index (χ1v) is 16.5. The zero-order valence-corrected chi connectivity index (χ0v) is 29.3. The minimum Gasteiger partial charge on any atom is -0.492 e. The highest BCUT2D eigenvalue weighted by molar-refractivity contribution is 7.59. The molecule has 3 aromatic rings. The molecule has 45 heavy (non-hydrogen) atoms. The molecule has 0 atom stereocenters. The van der Waals surface area contributed by atoms with Crippen molar-refractivity contribution in [2.45, 2.75) is 86.0 Å². The van der Waals surface area contributed by atoms with Crippen LogP contribution >= 0.6 is 13.5 Å². The van der Waals surface area contributed by atoms with E-state index in [0.29, 0.717) is 24.0 Å². The van der Waals surface area contributed by atoms with Crippen molar-refractivity contribution in [2.24, 2.45) is 5.92 Å². The predicted octanol–water partition coefficient (Wildman–Crippen LogP) is 7.50. The molecule has 1 N–H and O–H groups in total. The number of rotatable bonds is 10. The maximum atomic E-state index is 12.3. The Bertz CT molecular complexity index is 1420. The second-order valence-corrected chi connectivity index (χ2v) is 10.9. The lowest BCUT2D eigenvalue weighted by Crippen LogP contribution is -2.22. The molecule has 0 radical (unpaired) electrons. The molecular weight excluding hydrogens is 582 g/mol. The van der Waals surface area contributed by atoms with Crippen molar-refractivity contribution in [1.29, 1.82) is 0 Å². The number of carbonyl (C=O) groups excluding carboxylic acids is 1. The number of nitrogens with zero attached hydrogens (tertiary/aromatic N) is 4. The molecule has 1 saturated carbocycles. The third-order valence-corrected chi connectivity index (χ3v) is 7.60. The van der Waals surface area contributed by atoms with E-state index in [9.17, 15) is 4.79 Å². The summed E-state index contributed by atoms with van der Waals surface area (Å²) in [6, 6.07) is 3.97. The summed E-state index contributed by atoms with van der Waals surface area (Å²) in [5.74, 6) is 8.44. The van der Waals surface area contributed by atoms with Gasteiger partial charge in [0.25, 0.3) is 0 Å². The first kappa shape index (κ1) is 38.0. The molecule has 0 spiro atoms. The fourth-order valence-corrected chi connectivity index (χ4v) is 5.13. The van der Waals surface area contributed by atoms with E-state index < -0.39 is 0 Å². The Kier molecular flexibility index (Phi) is 16.9. The van der Waals surface area contributed by atoms with Crippen molar-refractivity contribution < 1.29 is 15.7 Å². The SMILES string of the molecule is CC.CC.CCCN(C)CCCOc1cnc(C#Cc2cnc(C)c3cnc(NC(=O)C4CC4)cc23)cc1C1CCOCC1.S.[HH]. The Balaban J connectivity index is 0.00000170. The molecule has 1 aliphatic carbocycles. The van der Waals surface area contributed by atoms with Gasteiger partial charge in [-0.1, -0.05) is 40.5 Å². The number of fused-ring (bicyclic) bond motifs is 1. The maximum absolute atomic E-state index is 12.3. The van der Waals surface area contributed by atoms with Crippen LogP contribution in [-0.4, -0.2) is 65.7 Å². The van der Waals surface area contributed by atoms with Gasteiger partial charge in [-0.3, -0.25) is 9.78 Å². The zero-order chi connectivity index (χ0) is 31.9. The van der Waals surface area contributed by atoms with Crippen molar-refractivity contribution in [3.63, 3.8) is 0 Å². The Hall–Kier alpha value is -3.19. The molecule has 2 fully saturated rings. The van der Waals surface area contributed by atoms with Crippen LogP contribution in [0.5, 0.6) is 5.75 Å². The molecule has 0 unspecified atom stereocenters. The van der Waals surface area contributed by atoms with Crippen LogP contribution in [0.1, 0.15) is 103 Å². The molecule has 1 aliphatic heterocycles. The molecule has 5 rings (SSSR count). The van der Waals surface area contributed by atoms with Crippen LogP contribution in [-0.2, 0) is 9.53 Å². The van der Waals surface area contributed by atoms with Crippen LogP contribution in [0.15, 0.2) is 30.7 Å². The van der Waals surface area contributed by atoms with E-state index in [1.807, 2.05) is 46.9 Å². The molecule has 248 valence electrons. The molecule has 9 heteroatoms. The van der Waals surface area contributed by atoms with E-state index in [1.165, 1.54) is 0 Å². The minimum atomic E-state index is 0. The Morgan fingerprint density at radius 3 is 2.42 bits per heavy atom. The molecule has 4 heterocycles. The number of nitrogens with one attached hydrogen (secondary N) is 1. The van der Waals surface area contributed by atoms with Crippen LogP contribution in [0.2, 0.25) is 0 Å². The van der Waals surface area contributed by atoms with E-state index in [0.717, 1.165) is 98.2 Å². The van der Waals surface area contributed by atoms with Gasteiger partial charge in [0.2, 0.25) is 5.91 Å². The quantitative estimate of drug-likeness (QED) is 0.182. The Labute approximate surface area is 279 Å². The van der Waals surface area contributed by atoms with Crippen molar-refractivity contribution in [3.8, 4) is 17.6 Å². The van der Waals surface area contributed by atoms with Gasteiger partial charge in [0.15, 0.2) is 0 Å². The summed E-state index contributed by atoms with van der Waals surface area (Å²) >= 11 is 0. The van der Waals surface area contributed by atoms with Crippen LogP contribution in [0.4, 0.5) is 5.82 Å². The largest absolute Gasteiger partial charge is 0.492 e. The van der Waals surface area contributed by atoms with Crippen molar-refractivity contribution in [3.05, 3.63) is 53.2 Å². The van der Waals surface area contributed by atoms with Gasteiger partial charge in [-0.2, -0.15) is 13.5 Å². The van der Waals surface area contributed by atoms with Crippen LogP contribution in [0.25, 0.3) is 10.8 Å². The summed E-state index contributed by atoms with van der Waals surface area (Å²) in [6.45, 7) is 16.4. The monoisotopic (exact) mass is 637 g/mol. The summed E-state index contributed by atoms with van der Waals surface area (Å²) in [5.41, 5.74) is 3.50. The number of hydrogen-bond acceptors (Lipinski definition) is 7. The second-order valence-electron chi connectivity index (χ2n) is 10.9. The highest BCUT2D eigenvalue weighted by Crippen LogP contribution is 2.34. The average molecular weight is 638 g/mol. The summed E-state index contributed by atoms with van der Waals surface area (Å²) in [4.78, 5) is 28.2. The first-order chi connectivity index (χ1) is 21.5. The summed E-state index contributed by atoms with van der Waals surface area (Å²) in [5, 5.41) is 4.77. The molecule has 0 bridgehead atoms. The van der Waals surface area contributed by atoms with Gasteiger partial charge in [-0.05, 0) is 83.0 Å². The molecule has 1 amide bonds. The smallest absolute Gasteiger partial charge is 0.228 e. The van der Waals surface area contributed by atoms with Gasteiger partial charge in [-0.25, -0.2) is 9.97 Å². The van der Waals surface area contributed by atoms with E-state index >= 15 is 0 Å². The lowest BCUT2D eigenvalue weighted by molar-refractivity contribution is -0.117. The molecule has 2 aliphatic rings. The Morgan fingerprint density at radius 2 is 1.73 bits per heavy atom. The number of carbonyl (C=O) groups is 1. The molecule has 3 aromatic heterocycles. The molecule has 1 saturated heterocycles. The number of aromatic nitrogens is 3. The van der Waals surface area contributed by atoms with Crippen molar-refractivity contribution in [2.75, 3.05) is 45.3 Å². The van der Waals surface area contributed by atoms with Gasteiger partial charge in [0.1, 0.15) is 17.3 Å². The lowest BCUT2D eigenvalue weighted by atomic mass is 9.91. The summed E-state index contributed by atoms with van der Waals surface area (Å²) in [7, 11) is 2.15. The first-order valence-electron chi connectivity index (χ1n) is 16.5. The number of pyridine rings is 3. The maximum Gasteiger partial charge on any atom is 0.228 e. The van der Waals surface area contributed by atoms with Gasteiger partial charge < -0.3 is 19.7 Å². The topological polar surface area (TPSA) is 89.5 Å². The number of anilines is 1. The third-order valence-electron chi connectivity index (χ3n) is 7.60. The van der Waals surface area contributed by atoms with Gasteiger partial charge >= 0.3 is 0 Å². The lowest BCUT2D eigenvalue weighted by Gasteiger charge is -2.24. The second kappa shape index (κ2) is 20.0. The minimum absolute atomic E-state index is 0. The van der Waals surface area contributed by atoms with E-state index in [1.54, 1.807) is 12.4 Å². The third kappa shape index (κ3) is 11.3. The van der Waals surface area contributed by atoms with Gasteiger partial charge in [-0.15, -0.1) is 0 Å². The van der Waals surface area contributed by atoms with Crippen LogP contribution in [0.3, 0.4) is 0 Å². The predicted molar refractivity (Wildman–Crippen MR) is 192 cm³/mol. The summed E-state index contributed by atoms with van der Waals surface area (Å²) in [6.07, 6.45) is 11.3.